The molecule has 1 aliphatic heterocycles. The van der Waals surface area contributed by atoms with Crippen molar-refractivity contribution in [3.8, 4) is 11.5 Å². The number of aliphatic imine (C=N–C) groups is 1. The van der Waals surface area contributed by atoms with Gasteiger partial charge in [-0.05, 0) is 76.8 Å². The van der Waals surface area contributed by atoms with Gasteiger partial charge in [-0.2, -0.15) is 0 Å². The summed E-state index contributed by atoms with van der Waals surface area (Å²) < 4.78 is 6.64. The summed E-state index contributed by atoms with van der Waals surface area (Å²) in [6.45, 7) is 0. The van der Waals surface area contributed by atoms with Crippen molar-refractivity contribution in [3.05, 3.63) is 54.9 Å². The van der Waals surface area contributed by atoms with E-state index < -0.39 is 0 Å². The quantitative estimate of drug-likeness (QED) is 0.447. The van der Waals surface area contributed by atoms with Crippen molar-refractivity contribution in [1.82, 2.24) is 5.32 Å². The van der Waals surface area contributed by atoms with E-state index in [-0.39, 0.29) is 11.7 Å². The number of hydrogen-bond donors (Lipinski definition) is 2. The van der Waals surface area contributed by atoms with E-state index in [2.05, 4.69) is 26.2 Å². The van der Waals surface area contributed by atoms with E-state index in [1.165, 1.54) is 11.8 Å². The Kier molecular flexibility index (Phi) is 5.70. The summed E-state index contributed by atoms with van der Waals surface area (Å²) in [6, 6.07) is 10.8. The van der Waals surface area contributed by atoms with Crippen molar-refractivity contribution >= 4 is 73.1 Å². The van der Waals surface area contributed by atoms with E-state index >= 15 is 0 Å². The molecule has 1 fully saturated rings. The Morgan fingerprint density at radius 1 is 1.32 bits per heavy atom. The molecule has 0 spiro atoms. The van der Waals surface area contributed by atoms with Gasteiger partial charge in [0.1, 0.15) is 11.5 Å². The normalized spacial score (nSPS) is 17.2. The molecule has 3 rings (SSSR count). The van der Waals surface area contributed by atoms with E-state index in [4.69, 9.17) is 4.74 Å². The number of aromatic hydroxyl groups is 1. The third-order valence-electron chi connectivity index (χ3n) is 3.30. The van der Waals surface area contributed by atoms with Crippen LogP contribution >= 0.6 is 50.3 Å². The largest absolute Gasteiger partial charge is 0.506 e. The van der Waals surface area contributed by atoms with Crippen LogP contribution in [-0.2, 0) is 4.79 Å². The maximum Gasteiger partial charge on any atom is 0.264 e. The molecule has 2 aromatic carbocycles. The molecule has 0 bridgehead atoms. The van der Waals surface area contributed by atoms with Gasteiger partial charge >= 0.3 is 0 Å². The van der Waals surface area contributed by atoms with Gasteiger partial charge in [0.2, 0.25) is 0 Å². The minimum absolute atomic E-state index is 0.144. The molecule has 128 valence electrons. The lowest BCUT2D eigenvalue weighted by Gasteiger charge is -2.03. The fourth-order valence-electron chi connectivity index (χ4n) is 2.09. The van der Waals surface area contributed by atoms with E-state index in [9.17, 15) is 9.90 Å². The van der Waals surface area contributed by atoms with Crippen LogP contribution in [0.15, 0.2) is 50.8 Å². The number of rotatable bonds is 3. The molecule has 0 aliphatic carbocycles. The van der Waals surface area contributed by atoms with Crippen molar-refractivity contribution in [3.63, 3.8) is 0 Å². The number of phenols is 1. The second kappa shape index (κ2) is 7.79. The molecular formula is C17H12BrIN2O3S. The van der Waals surface area contributed by atoms with E-state index in [0.717, 1.165) is 10.2 Å². The molecule has 1 amide bonds. The molecule has 0 unspecified atom stereocenters. The Bertz CT molecular complexity index is 898. The van der Waals surface area contributed by atoms with Crippen LogP contribution in [0, 0.1) is 3.57 Å². The number of methoxy groups -OCH3 is 1. The molecule has 2 N–H and O–H groups in total. The lowest BCUT2D eigenvalue weighted by Crippen LogP contribution is -2.19. The SMILES string of the molecule is COc1ccc(N=C2NC(=O)/C(=C/c3cc(Br)cc(I)c3O)S2)cc1. The van der Waals surface area contributed by atoms with Crippen molar-refractivity contribution in [2.45, 2.75) is 0 Å². The predicted molar refractivity (Wildman–Crippen MR) is 112 cm³/mol. The predicted octanol–water partition coefficient (Wildman–Crippen LogP) is 4.66. The topological polar surface area (TPSA) is 70.9 Å². The Morgan fingerprint density at radius 3 is 2.72 bits per heavy atom. The Morgan fingerprint density at radius 2 is 2.04 bits per heavy atom. The zero-order valence-electron chi connectivity index (χ0n) is 12.9. The molecule has 0 atom stereocenters. The number of benzene rings is 2. The molecule has 8 heteroatoms. The summed E-state index contributed by atoms with van der Waals surface area (Å²) in [7, 11) is 1.60. The summed E-state index contributed by atoms with van der Waals surface area (Å²) >= 11 is 6.66. The van der Waals surface area contributed by atoms with Crippen molar-refractivity contribution < 1.29 is 14.6 Å². The Hall–Kier alpha value is -1.52. The second-order valence-corrected chi connectivity index (χ2v) is 8.11. The molecule has 0 aromatic heterocycles. The summed E-state index contributed by atoms with van der Waals surface area (Å²) in [5.41, 5.74) is 1.28. The number of amidine groups is 1. The first-order valence-corrected chi connectivity index (χ1v) is 9.77. The maximum absolute atomic E-state index is 12.2. The molecule has 2 aromatic rings. The molecule has 1 aliphatic rings. The van der Waals surface area contributed by atoms with Gasteiger partial charge in [-0.1, -0.05) is 15.9 Å². The van der Waals surface area contributed by atoms with Crippen LogP contribution in [0.3, 0.4) is 0 Å². The third kappa shape index (κ3) is 4.36. The average Bonchev–Trinajstić information content (AvgIpc) is 2.92. The number of phenolic OH excluding ortho intramolecular Hbond substituents is 1. The molecule has 25 heavy (non-hydrogen) atoms. The second-order valence-electron chi connectivity index (χ2n) is 5.01. The van der Waals surface area contributed by atoms with Crippen LogP contribution in [0.4, 0.5) is 5.69 Å². The van der Waals surface area contributed by atoms with Crippen LogP contribution in [0.25, 0.3) is 6.08 Å². The highest BCUT2D eigenvalue weighted by atomic mass is 127. The van der Waals surface area contributed by atoms with Crippen LogP contribution in [0.5, 0.6) is 11.5 Å². The lowest BCUT2D eigenvalue weighted by molar-refractivity contribution is -0.115. The first kappa shape index (κ1) is 18.3. The fourth-order valence-corrected chi connectivity index (χ4v) is 4.47. The number of halogens is 2. The standard InChI is InChI=1S/C17H12BrIN2O3S/c1-24-12-4-2-11(3-5-12)20-17-21-16(23)14(25-17)7-9-6-10(18)8-13(19)15(9)22/h2-8,22H,1H3,(H,20,21,23)/b14-7-. The molecule has 1 saturated heterocycles. The Balaban J connectivity index is 1.86. The number of nitrogens with zero attached hydrogens (tertiary/aromatic N) is 1. The number of carbonyl (C=O) groups excluding carboxylic acids is 1. The van der Waals surface area contributed by atoms with Gasteiger partial charge in [0.15, 0.2) is 5.17 Å². The minimum atomic E-state index is -0.244. The number of hydrogen-bond acceptors (Lipinski definition) is 5. The highest BCUT2D eigenvalue weighted by molar-refractivity contribution is 14.1. The van der Waals surface area contributed by atoms with Crippen LogP contribution in [-0.4, -0.2) is 23.3 Å². The van der Waals surface area contributed by atoms with E-state index in [1.54, 1.807) is 37.5 Å². The fraction of sp³-hybridized carbons (Fsp3) is 0.0588. The molecular weight excluding hydrogens is 519 g/mol. The van der Waals surface area contributed by atoms with Gasteiger partial charge in [-0.3, -0.25) is 4.79 Å². The number of nitrogens with one attached hydrogen (secondary N) is 1. The van der Waals surface area contributed by atoms with Gasteiger partial charge < -0.3 is 15.2 Å². The van der Waals surface area contributed by atoms with Crippen molar-refractivity contribution in [2.24, 2.45) is 4.99 Å². The van der Waals surface area contributed by atoms with Crippen molar-refractivity contribution in [1.29, 1.82) is 0 Å². The molecule has 0 radical (unpaired) electrons. The smallest absolute Gasteiger partial charge is 0.264 e. The highest BCUT2D eigenvalue weighted by Gasteiger charge is 2.24. The lowest BCUT2D eigenvalue weighted by atomic mass is 10.2. The van der Waals surface area contributed by atoms with Gasteiger partial charge in [-0.15, -0.1) is 0 Å². The van der Waals surface area contributed by atoms with Gasteiger partial charge in [0.05, 0.1) is 21.3 Å². The first-order valence-electron chi connectivity index (χ1n) is 7.08. The van der Waals surface area contributed by atoms with E-state index in [1.807, 2.05) is 34.7 Å². The van der Waals surface area contributed by atoms with Crippen LogP contribution in [0.2, 0.25) is 0 Å². The maximum atomic E-state index is 12.2. The van der Waals surface area contributed by atoms with Crippen LogP contribution in [0.1, 0.15) is 5.56 Å². The van der Waals surface area contributed by atoms with E-state index in [0.29, 0.717) is 24.9 Å². The number of thioether (sulfide) groups is 1. The van der Waals surface area contributed by atoms with Crippen LogP contribution < -0.4 is 10.1 Å². The van der Waals surface area contributed by atoms with Gasteiger partial charge in [0, 0.05) is 10.0 Å². The third-order valence-corrected chi connectivity index (χ3v) is 5.49. The average molecular weight is 531 g/mol. The number of amides is 1. The highest BCUT2D eigenvalue weighted by Crippen LogP contribution is 2.34. The number of carbonyl (C=O) groups is 1. The van der Waals surface area contributed by atoms with Crippen molar-refractivity contribution in [2.75, 3.05) is 7.11 Å². The summed E-state index contributed by atoms with van der Waals surface area (Å²) in [5, 5.41) is 13.4. The zero-order valence-corrected chi connectivity index (χ0v) is 17.5. The van der Waals surface area contributed by atoms with Gasteiger partial charge in [0.25, 0.3) is 5.91 Å². The molecule has 0 saturated carbocycles. The first-order chi connectivity index (χ1) is 12.0. The number of ether oxygens (including phenoxy) is 1. The summed E-state index contributed by atoms with van der Waals surface area (Å²) in [4.78, 5) is 17.0. The summed E-state index contributed by atoms with van der Waals surface area (Å²) in [6.07, 6.45) is 1.65. The monoisotopic (exact) mass is 530 g/mol. The molecule has 1 heterocycles. The van der Waals surface area contributed by atoms with Gasteiger partial charge in [-0.25, -0.2) is 4.99 Å². The zero-order chi connectivity index (χ0) is 18.0. The Labute approximate surface area is 170 Å². The molecule has 5 nitrogen and oxygen atoms in total. The summed E-state index contributed by atoms with van der Waals surface area (Å²) in [5.74, 6) is 0.643. The minimum Gasteiger partial charge on any atom is -0.506 e.